The van der Waals surface area contributed by atoms with Crippen molar-refractivity contribution in [2.45, 2.75) is 38.2 Å². The van der Waals surface area contributed by atoms with Gasteiger partial charge in [-0.2, -0.15) is 0 Å². The van der Waals surface area contributed by atoms with Gasteiger partial charge in [-0.05, 0) is 13.3 Å². The number of aliphatic hydroxyl groups excluding tert-OH is 2. The lowest BCUT2D eigenvalue weighted by Crippen LogP contribution is -2.58. The molecule has 0 aromatic rings. The Morgan fingerprint density at radius 1 is 1.77 bits per heavy atom. The fraction of sp³-hybridized carbons (Fsp3) is 0.875. The quantitative estimate of drug-likeness (QED) is 0.483. The highest BCUT2D eigenvalue weighted by Crippen LogP contribution is 2.30. The van der Waals surface area contributed by atoms with Gasteiger partial charge in [-0.3, -0.25) is 10.5 Å². The SMILES string of the molecule is CCC(O)C1(N)OC(=O)C(C)C1O. The van der Waals surface area contributed by atoms with E-state index >= 15 is 0 Å². The van der Waals surface area contributed by atoms with Crippen LogP contribution < -0.4 is 5.73 Å². The first-order valence-corrected chi connectivity index (χ1v) is 4.31. The minimum atomic E-state index is -1.63. The summed E-state index contributed by atoms with van der Waals surface area (Å²) in [6, 6.07) is 0. The van der Waals surface area contributed by atoms with Crippen molar-refractivity contribution in [3.63, 3.8) is 0 Å². The van der Waals surface area contributed by atoms with Gasteiger partial charge >= 0.3 is 5.97 Å². The molecule has 0 bridgehead atoms. The number of aliphatic hydroxyl groups is 2. The molecule has 1 heterocycles. The van der Waals surface area contributed by atoms with Crippen molar-refractivity contribution in [3.05, 3.63) is 0 Å². The third kappa shape index (κ3) is 1.43. The van der Waals surface area contributed by atoms with E-state index in [1.54, 1.807) is 6.92 Å². The third-order valence-electron chi connectivity index (χ3n) is 2.49. The van der Waals surface area contributed by atoms with Gasteiger partial charge < -0.3 is 14.9 Å². The van der Waals surface area contributed by atoms with E-state index < -0.39 is 29.8 Å². The van der Waals surface area contributed by atoms with Gasteiger partial charge in [0.15, 0.2) is 0 Å². The standard InChI is InChI=1S/C8H15NO4/c1-3-5(10)8(9)6(11)4(2)7(12)13-8/h4-6,10-11H,3,9H2,1-2H3. The minimum absolute atomic E-state index is 0.327. The zero-order chi connectivity index (χ0) is 10.2. The lowest BCUT2D eigenvalue weighted by atomic mass is 9.93. The summed E-state index contributed by atoms with van der Waals surface area (Å²) in [5, 5.41) is 19.0. The minimum Gasteiger partial charge on any atom is -0.438 e. The van der Waals surface area contributed by atoms with Crippen molar-refractivity contribution >= 4 is 5.97 Å². The maximum absolute atomic E-state index is 11.0. The third-order valence-corrected chi connectivity index (χ3v) is 2.49. The second-order valence-electron chi connectivity index (χ2n) is 3.43. The molecule has 0 spiro atoms. The first-order valence-electron chi connectivity index (χ1n) is 4.31. The molecule has 0 radical (unpaired) electrons. The monoisotopic (exact) mass is 189 g/mol. The van der Waals surface area contributed by atoms with Crippen molar-refractivity contribution in [2.75, 3.05) is 0 Å². The average molecular weight is 189 g/mol. The Bertz CT molecular complexity index is 220. The van der Waals surface area contributed by atoms with Gasteiger partial charge in [0.1, 0.15) is 12.2 Å². The van der Waals surface area contributed by atoms with Gasteiger partial charge in [0.2, 0.25) is 5.72 Å². The van der Waals surface area contributed by atoms with Gasteiger partial charge in [0, 0.05) is 0 Å². The van der Waals surface area contributed by atoms with E-state index in [1.165, 1.54) is 6.92 Å². The summed E-state index contributed by atoms with van der Waals surface area (Å²) in [5.41, 5.74) is 3.96. The molecule has 1 saturated heterocycles. The fourth-order valence-corrected chi connectivity index (χ4v) is 1.43. The Morgan fingerprint density at radius 3 is 2.62 bits per heavy atom. The molecule has 0 aromatic carbocycles. The maximum Gasteiger partial charge on any atom is 0.313 e. The number of esters is 1. The Hall–Kier alpha value is -0.650. The van der Waals surface area contributed by atoms with Gasteiger partial charge in [-0.25, -0.2) is 0 Å². The van der Waals surface area contributed by atoms with Crippen LogP contribution in [-0.4, -0.2) is 34.1 Å². The molecule has 0 saturated carbocycles. The molecular formula is C8H15NO4. The Labute approximate surface area is 76.5 Å². The van der Waals surface area contributed by atoms with Gasteiger partial charge in [-0.15, -0.1) is 0 Å². The highest BCUT2D eigenvalue weighted by molar-refractivity contribution is 5.76. The largest absolute Gasteiger partial charge is 0.438 e. The molecule has 0 amide bonds. The molecule has 0 aliphatic carbocycles. The molecule has 13 heavy (non-hydrogen) atoms. The molecule has 4 atom stereocenters. The molecule has 4 unspecified atom stereocenters. The fourth-order valence-electron chi connectivity index (χ4n) is 1.43. The summed E-state index contributed by atoms with van der Waals surface area (Å²) < 4.78 is 4.76. The van der Waals surface area contributed by atoms with Crippen LogP contribution in [0.3, 0.4) is 0 Å². The number of rotatable bonds is 2. The van der Waals surface area contributed by atoms with E-state index in [2.05, 4.69) is 0 Å². The van der Waals surface area contributed by atoms with E-state index in [0.29, 0.717) is 6.42 Å². The molecule has 1 fully saturated rings. The van der Waals surface area contributed by atoms with Gasteiger partial charge in [-0.1, -0.05) is 6.92 Å². The van der Waals surface area contributed by atoms with Crippen molar-refractivity contribution in [3.8, 4) is 0 Å². The topological polar surface area (TPSA) is 92.8 Å². The normalized spacial score (nSPS) is 41.8. The highest BCUT2D eigenvalue weighted by Gasteiger charge is 2.54. The van der Waals surface area contributed by atoms with Crippen LogP contribution in [0, 0.1) is 5.92 Å². The van der Waals surface area contributed by atoms with Crippen LogP contribution in [0.1, 0.15) is 20.3 Å². The Balaban J connectivity index is 2.87. The maximum atomic E-state index is 11.0. The van der Waals surface area contributed by atoms with Crippen LogP contribution in [0.4, 0.5) is 0 Å². The summed E-state index contributed by atoms with van der Waals surface area (Å²) in [7, 11) is 0. The van der Waals surface area contributed by atoms with E-state index in [0.717, 1.165) is 0 Å². The van der Waals surface area contributed by atoms with Crippen molar-refractivity contribution in [2.24, 2.45) is 11.7 Å². The zero-order valence-electron chi connectivity index (χ0n) is 7.73. The second-order valence-corrected chi connectivity index (χ2v) is 3.43. The summed E-state index contributed by atoms with van der Waals surface area (Å²) in [5.74, 6) is -1.24. The average Bonchev–Trinajstić information content (AvgIpc) is 2.30. The first kappa shape index (κ1) is 10.4. The molecule has 5 heteroatoms. The molecule has 76 valence electrons. The number of nitrogens with two attached hydrogens (primary N) is 1. The Morgan fingerprint density at radius 2 is 2.31 bits per heavy atom. The molecule has 1 aliphatic rings. The Kier molecular flexibility index (Phi) is 2.61. The van der Waals surface area contributed by atoms with Crippen molar-refractivity contribution < 1.29 is 19.7 Å². The second kappa shape index (κ2) is 3.25. The number of ether oxygens (including phenoxy) is 1. The summed E-state index contributed by atoms with van der Waals surface area (Å²) >= 11 is 0. The smallest absolute Gasteiger partial charge is 0.313 e. The summed E-state index contributed by atoms with van der Waals surface area (Å²) in [6.45, 7) is 3.22. The molecule has 5 nitrogen and oxygen atoms in total. The van der Waals surface area contributed by atoms with Crippen LogP contribution in [0.5, 0.6) is 0 Å². The first-order chi connectivity index (χ1) is 5.93. The van der Waals surface area contributed by atoms with E-state index in [4.69, 9.17) is 10.5 Å². The molecule has 1 rings (SSSR count). The predicted octanol–water partition coefficient (Wildman–Crippen LogP) is -1.03. The summed E-state index contributed by atoms with van der Waals surface area (Å²) in [6.07, 6.45) is -1.85. The van der Waals surface area contributed by atoms with E-state index in [-0.39, 0.29) is 0 Å². The van der Waals surface area contributed by atoms with Gasteiger partial charge in [0.05, 0.1) is 5.92 Å². The number of hydrogen-bond acceptors (Lipinski definition) is 5. The lowest BCUT2D eigenvalue weighted by molar-refractivity contribution is -0.166. The van der Waals surface area contributed by atoms with E-state index in [1.807, 2.05) is 0 Å². The molecule has 4 N–H and O–H groups in total. The number of cyclic esters (lactones) is 1. The molecular weight excluding hydrogens is 174 g/mol. The zero-order valence-corrected chi connectivity index (χ0v) is 7.73. The molecule has 0 aromatic heterocycles. The van der Waals surface area contributed by atoms with Crippen LogP contribution >= 0.6 is 0 Å². The van der Waals surface area contributed by atoms with Crippen molar-refractivity contribution in [1.29, 1.82) is 0 Å². The van der Waals surface area contributed by atoms with Gasteiger partial charge in [0.25, 0.3) is 0 Å². The number of hydrogen-bond donors (Lipinski definition) is 3. The van der Waals surface area contributed by atoms with Crippen molar-refractivity contribution in [1.82, 2.24) is 0 Å². The van der Waals surface area contributed by atoms with E-state index in [9.17, 15) is 15.0 Å². The van der Waals surface area contributed by atoms with Crippen LogP contribution in [0.2, 0.25) is 0 Å². The molecule has 1 aliphatic heterocycles. The van der Waals surface area contributed by atoms with Crippen LogP contribution in [0.15, 0.2) is 0 Å². The predicted molar refractivity (Wildman–Crippen MR) is 44.5 cm³/mol. The number of carbonyl (C=O) groups is 1. The van der Waals surface area contributed by atoms with Crippen LogP contribution in [0.25, 0.3) is 0 Å². The lowest BCUT2D eigenvalue weighted by Gasteiger charge is -2.30. The highest BCUT2D eigenvalue weighted by atomic mass is 16.6. The number of carbonyl (C=O) groups excluding carboxylic acids is 1. The summed E-state index contributed by atoms with van der Waals surface area (Å²) in [4.78, 5) is 11.0. The van der Waals surface area contributed by atoms with Crippen LogP contribution in [-0.2, 0) is 9.53 Å².